The molecule has 26 heavy (non-hydrogen) atoms. The lowest BCUT2D eigenvalue weighted by molar-refractivity contribution is -0.139. The number of benzene rings is 1. The smallest absolute Gasteiger partial charge is 0.318 e. The lowest BCUT2D eigenvalue weighted by Crippen LogP contribution is -2.34. The van der Waals surface area contributed by atoms with E-state index < -0.39 is 29.8 Å². The zero-order valence-corrected chi connectivity index (χ0v) is 14.3. The number of nitrogens with one attached hydrogen (secondary N) is 1. The summed E-state index contributed by atoms with van der Waals surface area (Å²) in [7, 11) is 1.78. The monoisotopic (exact) mass is 382 g/mol. The third-order valence-corrected chi connectivity index (χ3v) is 4.74. The molecule has 0 saturated heterocycles. The van der Waals surface area contributed by atoms with Crippen LogP contribution in [0.3, 0.4) is 0 Å². The van der Waals surface area contributed by atoms with Gasteiger partial charge in [-0.05, 0) is 24.3 Å². The highest BCUT2D eigenvalue weighted by atomic mass is 32.1. The Bertz CT molecular complexity index is 1100. The molecule has 0 spiro atoms. The van der Waals surface area contributed by atoms with Crippen molar-refractivity contribution in [3.63, 3.8) is 0 Å². The highest BCUT2D eigenvalue weighted by molar-refractivity contribution is 7.16. The number of aromatic nitrogens is 2. The summed E-state index contributed by atoms with van der Waals surface area (Å²) in [6.07, 6.45) is -3.65. The Balaban J connectivity index is 1.81. The highest BCUT2D eigenvalue weighted by Gasteiger charge is 2.34. The Labute approximate surface area is 148 Å². The molecular weight excluding hydrogens is 369 g/mol. The van der Waals surface area contributed by atoms with E-state index in [9.17, 15) is 22.8 Å². The third kappa shape index (κ3) is 3.54. The van der Waals surface area contributed by atoms with Crippen LogP contribution in [0.15, 0.2) is 52.5 Å². The molecule has 0 saturated carbocycles. The van der Waals surface area contributed by atoms with Gasteiger partial charge in [-0.2, -0.15) is 13.2 Å². The minimum Gasteiger partial charge on any atom is -0.318 e. The van der Waals surface area contributed by atoms with Gasteiger partial charge in [0, 0.05) is 13.2 Å². The quantitative estimate of drug-likeness (QED) is 0.705. The van der Waals surface area contributed by atoms with Crippen LogP contribution in [-0.2, 0) is 24.6 Å². The van der Waals surface area contributed by atoms with Crippen molar-refractivity contribution in [1.82, 2.24) is 14.6 Å². The first-order chi connectivity index (χ1) is 12.3. The normalized spacial score (nSPS) is 12.5. The van der Waals surface area contributed by atoms with Crippen LogP contribution < -0.4 is 15.8 Å². The van der Waals surface area contributed by atoms with Crippen molar-refractivity contribution in [1.29, 1.82) is 0 Å². The Morgan fingerprint density at radius 3 is 2.65 bits per heavy atom. The molecular formula is C16H13F3N4O2S. The molecule has 0 aliphatic rings. The van der Waals surface area contributed by atoms with E-state index in [2.05, 4.69) is 10.5 Å². The van der Waals surface area contributed by atoms with Gasteiger partial charge in [-0.15, -0.1) is 5.10 Å². The largest absolute Gasteiger partial charge is 0.421 e. The SMILES string of the molecule is Cn1/c(=N\NC(=O)Cn2cccc(C(F)(F)F)c2=O)sc2ccccc21. The Hall–Kier alpha value is -2.88. The zero-order chi connectivity index (χ0) is 18.9. The van der Waals surface area contributed by atoms with Crippen LogP contribution in [0.2, 0.25) is 0 Å². The summed E-state index contributed by atoms with van der Waals surface area (Å²) in [5.41, 5.74) is 0.605. The summed E-state index contributed by atoms with van der Waals surface area (Å²) in [6.45, 7) is -0.569. The summed E-state index contributed by atoms with van der Waals surface area (Å²) < 4.78 is 41.7. The number of amides is 1. The van der Waals surface area contributed by atoms with Crippen LogP contribution in [0.1, 0.15) is 5.56 Å². The number of fused-ring (bicyclic) bond motifs is 1. The van der Waals surface area contributed by atoms with Gasteiger partial charge < -0.3 is 9.13 Å². The van der Waals surface area contributed by atoms with E-state index in [0.29, 0.717) is 15.4 Å². The number of thiazole rings is 1. The first-order valence-electron chi connectivity index (χ1n) is 7.41. The van der Waals surface area contributed by atoms with Gasteiger partial charge >= 0.3 is 6.18 Å². The number of carbonyl (C=O) groups excluding carboxylic acids is 1. The van der Waals surface area contributed by atoms with Gasteiger partial charge in [0.15, 0.2) is 0 Å². The molecule has 0 unspecified atom stereocenters. The van der Waals surface area contributed by atoms with Gasteiger partial charge in [0.1, 0.15) is 12.1 Å². The van der Waals surface area contributed by atoms with E-state index in [0.717, 1.165) is 22.5 Å². The van der Waals surface area contributed by atoms with Crippen LogP contribution in [0.5, 0.6) is 0 Å². The lowest BCUT2D eigenvalue weighted by atomic mass is 10.2. The van der Waals surface area contributed by atoms with E-state index in [-0.39, 0.29) is 0 Å². The molecule has 2 aromatic heterocycles. The number of carbonyl (C=O) groups is 1. The fourth-order valence-corrected chi connectivity index (χ4v) is 3.34. The van der Waals surface area contributed by atoms with Crippen molar-refractivity contribution in [2.45, 2.75) is 12.7 Å². The second-order valence-corrected chi connectivity index (χ2v) is 6.42. The average molecular weight is 382 g/mol. The summed E-state index contributed by atoms with van der Waals surface area (Å²) in [5.74, 6) is -0.705. The number of hydrogen-bond acceptors (Lipinski definition) is 4. The average Bonchev–Trinajstić information content (AvgIpc) is 2.90. The number of aryl methyl sites for hydroxylation is 1. The molecule has 6 nitrogen and oxygen atoms in total. The van der Waals surface area contributed by atoms with E-state index in [1.807, 2.05) is 24.3 Å². The van der Waals surface area contributed by atoms with Gasteiger partial charge in [-0.25, -0.2) is 5.43 Å². The topological polar surface area (TPSA) is 68.4 Å². The maximum atomic E-state index is 12.7. The molecule has 0 bridgehead atoms. The van der Waals surface area contributed by atoms with Crippen LogP contribution >= 0.6 is 11.3 Å². The van der Waals surface area contributed by atoms with Gasteiger partial charge in [-0.1, -0.05) is 23.5 Å². The first kappa shape index (κ1) is 17.9. The zero-order valence-electron chi connectivity index (χ0n) is 13.4. The Morgan fingerprint density at radius 2 is 1.96 bits per heavy atom. The van der Waals surface area contributed by atoms with Crippen molar-refractivity contribution in [3.05, 3.63) is 63.3 Å². The molecule has 3 aromatic rings. The standard InChI is InChI=1S/C16H13F3N4O2S/c1-22-11-6-2-3-7-12(11)26-15(22)21-20-13(24)9-23-8-4-5-10(14(23)25)16(17,18)19/h2-8H,9H2,1H3,(H,20,24)/b21-15+. The summed E-state index contributed by atoms with van der Waals surface area (Å²) in [4.78, 5) is 24.3. The van der Waals surface area contributed by atoms with Crippen LogP contribution in [0, 0.1) is 0 Å². The second-order valence-electron chi connectivity index (χ2n) is 5.41. The van der Waals surface area contributed by atoms with Crippen LogP contribution in [0.4, 0.5) is 13.2 Å². The molecule has 0 atom stereocenters. The van der Waals surface area contributed by atoms with Crippen molar-refractivity contribution >= 4 is 27.5 Å². The predicted octanol–water partition coefficient (Wildman–Crippen LogP) is 2.05. The maximum absolute atomic E-state index is 12.7. The fourth-order valence-electron chi connectivity index (χ4n) is 2.37. The van der Waals surface area contributed by atoms with Crippen molar-refractivity contribution in [2.75, 3.05) is 0 Å². The Morgan fingerprint density at radius 1 is 1.23 bits per heavy atom. The molecule has 0 aliphatic heterocycles. The number of halogens is 3. The van der Waals surface area contributed by atoms with Crippen LogP contribution in [-0.4, -0.2) is 15.0 Å². The molecule has 0 aliphatic carbocycles. The first-order valence-corrected chi connectivity index (χ1v) is 8.23. The molecule has 3 rings (SSSR count). The van der Waals surface area contributed by atoms with Crippen molar-refractivity contribution in [3.8, 4) is 0 Å². The number of nitrogens with zero attached hydrogens (tertiary/aromatic N) is 3. The number of para-hydroxylation sites is 1. The predicted molar refractivity (Wildman–Crippen MR) is 90.2 cm³/mol. The summed E-state index contributed by atoms with van der Waals surface area (Å²) in [5, 5.41) is 3.98. The van der Waals surface area contributed by atoms with Gasteiger partial charge in [0.2, 0.25) is 4.80 Å². The Kier molecular flexibility index (Phi) is 4.68. The minimum absolute atomic E-state index is 0.510. The summed E-state index contributed by atoms with van der Waals surface area (Å²) in [6, 6.07) is 9.30. The minimum atomic E-state index is -4.77. The van der Waals surface area contributed by atoms with E-state index in [1.54, 1.807) is 11.6 Å². The van der Waals surface area contributed by atoms with Gasteiger partial charge in [-0.3, -0.25) is 9.59 Å². The van der Waals surface area contributed by atoms with Crippen molar-refractivity contribution in [2.24, 2.45) is 12.1 Å². The number of hydrogen-bond donors (Lipinski definition) is 1. The van der Waals surface area contributed by atoms with Crippen molar-refractivity contribution < 1.29 is 18.0 Å². The molecule has 1 aromatic carbocycles. The highest BCUT2D eigenvalue weighted by Crippen LogP contribution is 2.25. The molecule has 0 fully saturated rings. The van der Waals surface area contributed by atoms with Gasteiger partial charge in [0.05, 0.1) is 10.2 Å². The maximum Gasteiger partial charge on any atom is 0.421 e. The summed E-state index contributed by atoms with van der Waals surface area (Å²) >= 11 is 1.35. The lowest BCUT2D eigenvalue weighted by Gasteiger charge is -2.09. The van der Waals surface area contributed by atoms with E-state index in [4.69, 9.17) is 0 Å². The second kappa shape index (κ2) is 6.79. The fraction of sp³-hybridized carbons (Fsp3) is 0.188. The number of rotatable bonds is 3. The molecule has 136 valence electrons. The molecule has 0 radical (unpaired) electrons. The number of alkyl halides is 3. The molecule has 10 heteroatoms. The number of pyridine rings is 1. The van der Waals surface area contributed by atoms with Crippen LogP contribution in [0.25, 0.3) is 10.2 Å². The molecule has 1 amide bonds. The van der Waals surface area contributed by atoms with Gasteiger partial charge in [0.25, 0.3) is 11.5 Å². The molecule has 2 heterocycles. The molecule has 1 N–H and O–H groups in total. The van der Waals surface area contributed by atoms with E-state index in [1.165, 1.54) is 11.3 Å². The van der Waals surface area contributed by atoms with E-state index >= 15 is 0 Å². The third-order valence-electron chi connectivity index (χ3n) is 3.63.